The highest BCUT2D eigenvalue weighted by Crippen LogP contribution is 2.19. The third-order valence-electron chi connectivity index (χ3n) is 3.31. The van der Waals surface area contributed by atoms with Crippen molar-refractivity contribution in [2.45, 2.75) is 13.8 Å². The molecular weight excluding hydrogens is 293 g/mol. The molecule has 0 aliphatic rings. The van der Waals surface area contributed by atoms with E-state index in [1.165, 1.54) is 30.5 Å². The maximum atomic E-state index is 12.8. The highest BCUT2D eigenvalue weighted by atomic mass is 19.1. The van der Waals surface area contributed by atoms with Crippen molar-refractivity contribution in [2.75, 3.05) is 10.6 Å². The molecule has 0 aliphatic heterocycles. The normalized spacial score (nSPS) is 10.8. The van der Waals surface area contributed by atoms with E-state index in [9.17, 15) is 9.18 Å². The highest BCUT2D eigenvalue weighted by Gasteiger charge is 2.10. The minimum atomic E-state index is -0.558. The summed E-state index contributed by atoms with van der Waals surface area (Å²) in [7, 11) is 0. The zero-order valence-electron chi connectivity index (χ0n) is 12.9. The Morgan fingerprint density at radius 1 is 1.13 bits per heavy atom. The third kappa shape index (κ3) is 4.17. The second-order valence-corrected chi connectivity index (χ2v) is 5.04. The first-order valence-corrected chi connectivity index (χ1v) is 7.01. The van der Waals surface area contributed by atoms with Gasteiger partial charge in [-0.2, -0.15) is 5.26 Å². The molecule has 2 aromatic carbocycles. The fourth-order valence-corrected chi connectivity index (χ4v) is 2.07. The van der Waals surface area contributed by atoms with Crippen LogP contribution in [0.3, 0.4) is 0 Å². The molecule has 0 aromatic heterocycles. The first-order valence-electron chi connectivity index (χ1n) is 7.01. The molecule has 2 rings (SSSR count). The molecule has 23 heavy (non-hydrogen) atoms. The Hall–Kier alpha value is -3.13. The molecule has 2 N–H and O–H groups in total. The summed E-state index contributed by atoms with van der Waals surface area (Å²) in [4.78, 5) is 12.1. The zero-order chi connectivity index (χ0) is 16.8. The van der Waals surface area contributed by atoms with Crippen LogP contribution < -0.4 is 10.6 Å². The van der Waals surface area contributed by atoms with Gasteiger partial charge in [-0.25, -0.2) is 4.39 Å². The van der Waals surface area contributed by atoms with Crippen molar-refractivity contribution in [1.29, 1.82) is 5.26 Å². The summed E-state index contributed by atoms with van der Waals surface area (Å²) < 4.78 is 12.8. The molecule has 0 radical (unpaired) electrons. The van der Waals surface area contributed by atoms with Crippen LogP contribution in [0, 0.1) is 31.0 Å². The zero-order valence-corrected chi connectivity index (χ0v) is 12.9. The number of amides is 1. The molecule has 0 atom stereocenters. The van der Waals surface area contributed by atoms with Crippen LogP contribution in [0.1, 0.15) is 11.1 Å². The molecule has 1 amide bonds. The molecule has 0 spiro atoms. The Morgan fingerprint density at radius 3 is 2.30 bits per heavy atom. The number of rotatable bonds is 4. The standard InChI is InChI=1S/C18H16FN3O/c1-12-4-3-5-13(2)17(12)21-11-14(10-20)18(23)22-16-8-6-15(19)7-9-16/h3-9,11,21H,1-2H3,(H,22,23)/b14-11-. The maximum absolute atomic E-state index is 12.8. The van der Waals surface area contributed by atoms with Crippen LogP contribution in [0.4, 0.5) is 15.8 Å². The third-order valence-corrected chi connectivity index (χ3v) is 3.31. The van der Waals surface area contributed by atoms with E-state index in [2.05, 4.69) is 10.6 Å². The van der Waals surface area contributed by atoms with Crippen molar-refractivity contribution in [3.8, 4) is 6.07 Å². The fraction of sp³-hybridized carbons (Fsp3) is 0.111. The van der Waals surface area contributed by atoms with E-state index >= 15 is 0 Å². The lowest BCUT2D eigenvalue weighted by Crippen LogP contribution is -2.14. The van der Waals surface area contributed by atoms with Crippen LogP contribution >= 0.6 is 0 Å². The van der Waals surface area contributed by atoms with Crippen molar-refractivity contribution in [3.63, 3.8) is 0 Å². The van der Waals surface area contributed by atoms with Crippen LogP contribution in [0.5, 0.6) is 0 Å². The van der Waals surface area contributed by atoms with E-state index < -0.39 is 11.7 Å². The molecule has 0 saturated heterocycles. The van der Waals surface area contributed by atoms with E-state index in [0.29, 0.717) is 5.69 Å². The number of hydrogen-bond acceptors (Lipinski definition) is 3. The number of anilines is 2. The molecule has 0 saturated carbocycles. The van der Waals surface area contributed by atoms with E-state index in [0.717, 1.165) is 16.8 Å². The predicted octanol–water partition coefficient (Wildman–Crippen LogP) is 3.90. The minimum Gasteiger partial charge on any atom is -0.360 e. The molecule has 0 aliphatic carbocycles. The predicted molar refractivity (Wildman–Crippen MR) is 88.3 cm³/mol. The van der Waals surface area contributed by atoms with E-state index in [1.807, 2.05) is 38.1 Å². The first kappa shape index (κ1) is 16.2. The average molecular weight is 309 g/mol. The number of hydrogen-bond donors (Lipinski definition) is 2. The number of benzene rings is 2. The molecule has 4 nitrogen and oxygen atoms in total. The fourth-order valence-electron chi connectivity index (χ4n) is 2.07. The summed E-state index contributed by atoms with van der Waals surface area (Å²) in [6, 6.07) is 13.0. The molecule has 0 bridgehead atoms. The summed E-state index contributed by atoms with van der Waals surface area (Å²) >= 11 is 0. The summed E-state index contributed by atoms with van der Waals surface area (Å²) in [5, 5.41) is 14.7. The molecule has 0 unspecified atom stereocenters. The van der Waals surface area contributed by atoms with Gasteiger partial charge in [0.1, 0.15) is 17.5 Å². The van der Waals surface area contributed by atoms with Crippen molar-refractivity contribution >= 4 is 17.3 Å². The monoisotopic (exact) mass is 309 g/mol. The highest BCUT2D eigenvalue weighted by molar-refractivity contribution is 6.06. The Bertz CT molecular complexity index is 769. The topological polar surface area (TPSA) is 64.9 Å². The van der Waals surface area contributed by atoms with Gasteiger partial charge in [-0.3, -0.25) is 4.79 Å². The van der Waals surface area contributed by atoms with Crippen LogP contribution in [0.15, 0.2) is 54.2 Å². The van der Waals surface area contributed by atoms with Gasteiger partial charge in [0.05, 0.1) is 0 Å². The smallest absolute Gasteiger partial charge is 0.267 e. The Morgan fingerprint density at radius 2 is 1.74 bits per heavy atom. The van der Waals surface area contributed by atoms with Gasteiger partial charge in [-0.15, -0.1) is 0 Å². The van der Waals surface area contributed by atoms with Crippen molar-refractivity contribution in [2.24, 2.45) is 0 Å². The van der Waals surface area contributed by atoms with Gasteiger partial charge in [-0.1, -0.05) is 18.2 Å². The van der Waals surface area contributed by atoms with Crippen molar-refractivity contribution in [3.05, 3.63) is 71.2 Å². The van der Waals surface area contributed by atoms with Crippen LogP contribution in [-0.4, -0.2) is 5.91 Å². The lowest BCUT2D eigenvalue weighted by atomic mass is 10.1. The van der Waals surface area contributed by atoms with Crippen LogP contribution in [0.25, 0.3) is 0 Å². The van der Waals surface area contributed by atoms with Gasteiger partial charge in [0.25, 0.3) is 5.91 Å². The molecular formula is C18H16FN3O. The number of nitrogens with zero attached hydrogens (tertiary/aromatic N) is 1. The van der Waals surface area contributed by atoms with Gasteiger partial charge in [0.2, 0.25) is 0 Å². The minimum absolute atomic E-state index is 0.0722. The van der Waals surface area contributed by atoms with Crippen LogP contribution in [0.2, 0.25) is 0 Å². The number of para-hydroxylation sites is 1. The second-order valence-electron chi connectivity index (χ2n) is 5.04. The Labute approximate surface area is 134 Å². The largest absolute Gasteiger partial charge is 0.360 e. The number of carbonyl (C=O) groups excluding carboxylic acids is 1. The van der Waals surface area contributed by atoms with Gasteiger partial charge < -0.3 is 10.6 Å². The number of halogens is 1. The van der Waals surface area contributed by atoms with Gasteiger partial charge in [-0.05, 0) is 49.2 Å². The van der Waals surface area contributed by atoms with Crippen molar-refractivity contribution < 1.29 is 9.18 Å². The number of aryl methyl sites for hydroxylation is 2. The van der Waals surface area contributed by atoms with Crippen LogP contribution in [-0.2, 0) is 4.79 Å². The summed E-state index contributed by atoms with van der Waals surface area (Å²) in [5.41, 5.74) is 3.23. The average Bonchev–Trinajstić information content (AvgIpc) is 2.52. The number of carbonyl (C=O) groups is 1. The van der Waals surface area contributed by atoms with Gasteiger partial charge >= 0.3 is 0 Å². The van der Waals surface area contributed by atoms with E-state index in [1.54, 1.807) is 0 Å². The molecule has 5 heteroatoms. The quantitative estimate of drug-likeness (QED) is 0.665. The molecule has 2 aromatic rings. The summed E-state index contributed by atoms with van der Waals surface area (Å²) in [6.45, 7) is 3.88. The first-order chi connectivity index (χ1) is 11.0. The lowest BCUT2D eigenvalue weighted by Gasteiger charge is -2.10. The second kappa shape index (κ2) is 7.23. The lowest BCUT2D eigenvalue weighted by molar-refractivity contribution is -0.112. The Kier molecular flexibility index (Phi) is 5.11. The number of nitriles is 1. The molecule has 0 fully saturated rings. The van der Waals surface area contributed by atoms with Crippen molar-refractivity contribution in [1.82, 2.24) is 0 Å². The molecule has 0 heterocycles. The maximum Gasteiger partial charge on any atom is 0.267 e. The van der Waals surface area contributed by atoms with Gasteiger partial charge in [0.15, 0.2) is 0 Å². The number of nitrogens with one attached hydrogen (secondary N) is 2. The SMILES string of the molecule is Cc1cccc(C)c1N/C=C(/C#N)C(=O)Nc1ccc(F)cc1. The Balaban J connectivity index is 2.14. The summed E-state index contributed by atoms with van der Waals surface area (Å²) in [5.74, 6) is -0.950. The van der Waals surface area contributed by atoms with E-state index in [4.69, 9.17) is 5.26 Å². The summed E-state index contributed by atoms with van der Waals surface area (Å²) in [6.07, 6.45) is 1.37. The van der Waals surface area contributed by atoms with E-state index in [-0.39, 0.29) is 5.57 Å². The molecule has 116 valence electrons. The van der Waals surface area contributed by atoms with Gasteiger partial charge in [0, 0.05) is 17.6 Å².